The van der Waals surface area contributed by atoms with Gasteiger partial charge in [0.05, 0.1) is 0 Å². The van der Waals surface area contributed by atoms with E-state index in [1.807, 2.05) is 31.4 Å². The molecule has 2 heterocycles. The van der Waals surface area contributed by atoms with Gasteiger partial charge in [-0.2, -0.15) is 0 Å². The lowest BCUT2D eigenvalue weighted by atomic mass is 10.0. The molecule has 5 heteroatoms. The molecule has 1 aliphatic rings. The molecule has 0 radical (unpaired) electrons. The van der Waals surface area contributed by atoms with Crippen molar-refractivity contribution in [3.63, 3.8) is 0 Å². The summed E-state index contributed by atoms with van der Waals surface area (Å²) in [5.74, 6) is 0.763. The molecule has 1 aromatic heterocycles. The van der Waals surface area contributed by atoms with E-state index in [4.69, 9.17) is 0 Å². The van der Waals surface area contributed by atoms with Crippen LogP contribution in [0.1, 0.15) is 19.4 Å². The Labute approximate surface area is 109 Å². The topological polar surface area (TPSA) is 44.3 Å². The lowest BCUT2D eigenvalue weighted by Gasteiger charge is -2.39. The van der Waals surface area contributed by atoms with Gasteiger partial charge >= 0.3 is 0 Å². The van der Waals surface area contributed by atoms with E-state index in [9.17, 15) is 0 Å². The fourth-order valence-electron chi connectivity index (χ4n) is 2.30. The Kier molecular flexibility index (Phi) is 3.82. The molecule has 0 bridgehead atoms. The van der Waals surface area contributed by atoms with Crippen LogP contribution in [-0.4, -0.2) is 54.1 Å². The minimum absolute atomic E-state index is 0.197. The highest BCUT2D eigenvalue weighted by Gasteiger charge is 2.25. The molecule has 18 heavy (non-hydrogen) atoms. The fraction of sp³-hybridized carbons (Fsp3) is 0.692. The monoisotopic (exact) mass is 249 g/mol. The molecule has 0 saturated carbocycles. The zero-order valence-electron chi connectivity index (χ0n) is 11.8. The van der Waals surface area contributed by atoms with Crippen LogP contribution in [0.15, 0.2) is 12.4 Å². The van der Waals surface area contributed by atoms with E-state index in [0.717, 1.165) is 32.1 Å². The van der Waals surface area contributed by atoms with E-state index >= 15 is 0 Å². The highest BCUT2D eigenvalue weighted by atomic mass is 15.2. The number of hydrogen-bond donors (Lipinski definition) is 1. The first-order chi connectivity index (χ1) is 8.46. The Morgan fingerprint density at radius 3 is 2.56 bits per heavy atom. The second kappa shape index (κ2) is 5.20. The number of hydrogen-bond acceptors (Lipinski definition) is 5. The number of aromatic nitrogens is 2. The van der Waals surface area contributed by atoms with Gasteiger partial charge in [0.2, 0.25) is 5.95 Å². The maximum Gasteiger partial charge on any atom is 0.224 e. The largest absolute Gasteiger partial charge is 0.347 e. The molecule has 1 N–H and O–H groups in total. The summed E-state index contributed by atoms with van der Waals surface area (Å²) in [7, 11) is 3.90. The SMILES string of the molecule is CN(C)c1ncc(CN2CCNC(C)(C)C2)cn1. The standard InChI is InChI=1S/C13H23N5/c1-13(2)10-18(6-5-16-13)9-11-7-14-12(15-8-11)17(3)4/h7-8,16H,5-6,9-10H2,1-4H3. The van der Waals surface area contributed by atoms with Crippen LogP contribution >= 0.6 is 0 Å². The number of nitrogens with one attached hydrogen (secondary N) is 1. The first kappa shape index (κ1) is 13.2. The molecule has 0 amide bonds. The molecular weight excluding hydrogens is 226 g/mol. The van der Waals surface area contributed by atoms with Crippen molar-refractivity contribution in [2.24, 2.45) is 0 Å². The van der Waals surface area contributed by atoms with Gasteiger partial charge in [0.1, 0.15) is 0 Å². The molecule has 0 atom stereocenters. The normalized spacial score (nSPS) is 19.8. The molecule has 100 valence electrons. The number of piperazine rings is 1. The predicted octanol–water partition coefficient (Wildman–Crippen LogP) is 0.726. The van der Waals surface area contributed by atoms with Gasteiger partial charge < -0.3 is 10.2 Å². The third-order valence-electron chi connectivity index (χ3n) is 3.15. The van der Waals surface area contributed by atoms with Gasteiger partial charge in [-0.05, 0) is 13.8 Å². The van der Waals surface area contributed by atoms with Crippen molar-refractivity contribution in [1.82, 2.24) is 20.2 Å². The second-order valence-electron chi connectivity index (χ2n) is 5.81. The summed E-state index contributed by atoms with van der Waals surface area (Å²) < 4.78 is 0. The van der Waals surface area contributed by atoms with Crippen molar-refractivity contribution in [3.05, 3.63) is 18.0 Å². The van der Waals surface area contributed by atoms with Gasteiger partial charge in [-0.1, -0.05) is 0 Å². The summed E-state index contributed by atoms with van der Waals surface area (Å²) in [5.41, 5.74) is 1.38. The first-order valence-electron chi connectivity index (χ1n) is 6.42. The van der Waals surface area contributed by atoms with Crippen LogP contribution in [0.3, 0.4) is 0 Å². The lowest BCUT2D eigenvalue weighted by molar-refractivity contribution is 0.148. The van der Waals surface area contributed by atoms with Gasteiger partial charge in [-0.15, -0.1) is 0 Å². The number of rotatable bonds is 3. The Hall–Kier alpha value is -1.20. The predicted molar refractivity (Wildman–Crippen MR) is 73.7 cm³/mol. The van der Waals surface area contributed by atoms with Crippen LogP contribution in [0.2, 0.25) is 0 Å². The molecule has 5 nitrogen and oxygen atoms in total. The van der Waals surface area contributed by atoms with Gasteiger partial charge in [0, 0.05) is 63.8 Å². The third-order valence-corrected chi connectivity index (χ3v) is 3.15. The van der Waals surface area contributed by atoms with Crippen molar-refractivity contribution < 1.29 is 0 Å². The van der Waals surface area contributed by atoms with E-state index in [-0.39, 0.29) is 5.54 Å². The van der Waals surface area contributed by atoms with Crippen LogP contribution in [0.25, 0.3) is 0 Å². The van der Waals surface area contributed by atoms with Gasteiger partial charge in [-0.3, -0.25) is 4.90 Å². The lowest BCUT2D eigenvalue weighted by Crippen LogP contribution is -2.56. The van der Waals surface area contributed by atoms with E-state index in [1.54, 1.807) is 0 Å². The molecule has 0 unspecified atom stereocenters. The molecule has 1 aliphatic heterocycles. The second-order valence-corrected chi connectivity index (χ2v) is 5.81. The Morgan fingerprint density at radius 2 is 2.00 bits per heavy atom. The molecule has 1 saturated heterocycles. The van der Waals surface area contributed by atoms with Gasteiger partial charge in [0.25, 0.3) is 0 Å². The highest BCUT2D eigenvalue weighted by molar-refractivity contribution is 5.26. The maximum absolute atomic E-state index is 4.35. The van der Waals surface area contributed by atoms with Crippen molar-refractivity contribution in [1.29, 1.82) is 0 Å². The number of anilines is 1. The first-order valence-corrected chi connectivity index (χ1v) is 6.42. The van der Waals surface area contributed by atoms with Crippen molar-refractivity contribution >= 4 is 5.95 Å². The number of nitrogens with zero attached hydrogens (tertiary/aromatic N) is 4. The fourth-order valence-corrected chi connectivity index (χ4v) is 2.30. The Bertz CT molecular complexity index is 385. The van der Waals surface area contributed by atoms with Crippen molar-refractivity contribution in [2.45, 2.75) is 25.9 Å². The summed E-state index contributed by atoms with van der Waals surface area (Å²) in [6.45, 7) is 8.60. The summed E-state index contributed by atoms with van der Waals surface area (Å²) in [6, 6.07) is 0. The summed E-state index contributed by atoms with van der Waals surface area (Å²) in [4.78, 5) is 13.1. The molecule has 0 spiro atoms. The highest BCUT2D eigenvalue weighted by Crippen LogP contribution is 2.13. The third kappa shape index (κ3) is 3.40. The maximum atomic E-state index is 4.35. The van der Waals surface area contributed by atoms with Crippen LogP contribution in [-0.2, 0) is 6.54 Å². The Morgan fingerprint density at radius 1 is 1.33 bits per heavy atom. The van der Waals surface area contributed by atoms with E-state index in [2.05, 4.69) is 34.0 Å². The molecule has 1 fully saturated rings. The zero-order chi connectivity index (χ0) is 13.2. The smallest absolute Gasteiger partial charge is 0.224 e. The quantitative estimate of drug-likeness (QED) is 0.855. The van der Waals surface area contributed by atoms with Crippen LogP contribution in [0, 0.1) is 0 Å². The van der Waals surface area contributed by atoms with Crippen molar-refractivity contribution in [3.8, 4) is 0 Å². The van der Waals surface area contributed by atoms with E-state index in [0.29, 0.717) is 0 Å². The van der Waals surface area contributed by atoms with Gasteiger partial charge in [0.15, 0.2) is 0 Å². The van der Waals surface area contributed by atoms with Crippen LogP contribution in [0.5, 0.6) is 0 Å². The van der Waals surface area contributed by atoms with E-state index in [1.165, 1.54) is 5.56 Å². The molecule has 0 aromatic carbocycles. The van der Waals surface area contributed by atoms with E-state index < -0.39 is 0 Å². The summed E-state index contributed by atoms with van der Waals surface area (Å²) in [6.07, 6.45) is 3.86. The van der Waals surface area contributed by atoms with Crippen molar-refractivity contribution in [2.75, 3.05) is 38.6 Å². The molecule has 2 rings (SSSR count). The summed E-state index contributed by atoms with van der Waals surface area (Å²) in [5, 5.41) is 3.52. The molecular formula is C13H23N5. The zero-order valence-corrected chi connectivity index (χ0v) is 11.8. The van der Waals surface area contributed by atoms with Crippen LogP contribution < -0.4 is 10.2 Å². The van der Waals surface area contributed by atoms with Crippen LogP contribution in [0.4, 0.5) is 5.95 Å². The minimum Gasteiger partial charge on any atom is -0.347 e. The minimum atomic E-state index is 0.197. The molecule has 0 aliphatic carbocycles. The van der Waals surface area contributed by atoms with Gasteiger partial charge in [-0.25, -0.2) is 9.97 Å². The molecule has 1 aromatic rings. The Balaban J connectivity index is 1.97. The average molecular weight is 249 g/mol. The average Bonchev–Trinajstić information content (AvgIpc) is 2.28. The summed E-state index contributed by atoms with van der Waals surface area (Å²) >= 11 is 0.